The molecule has 0 aliphatic carbocycles. The predicted octanol–water partition coefficient (Wildman–Crippen LogP) is 3.28. The van der Waals surface area contributed by atoms with Gasteiger partial charge in [-0.3, -0.25) is 0 Å². The molecule has 0 saturated heterocycles. The third-order valence-corrected chi connectivity index (χ3v) is 4.52. The average Bonchev–Trinajstić information content (AvgIpc) is 2.91. The molecule has 0 spiro atoms. The zero-order valence-electron chi connectivity index (χ0n) is 10.5. The fourth-order valence-corrected chi connectivity index (χ4v) is 2.45. The summed E-state index contributed by atoms with van der Waals surface area (Å²) < 4.78 is 16.6. The number of hydrogen-bond donors (Lipinski definition) is 0. The summed E-state index contributed by atoms with van der Waals surface area (Å²) in [7, 11) is 1.62. The Morgan fingerprint density at radius 1 is 1.30 bits per heavy atom. The molecule has 0 atom stereocenters. The van der Waals surface area contributed by atoms with Crippen molar-refractivity contribution >= 4 is 34.2 Å². The first-order valence-corrected chi connectivity index (χ1v) is 7.25. The van der Waals surface area contributed by atoms with Crippen LogP contribution in [0.3, 0.4) is 0 Å². The van der Waals surface area contributed by atoms with E-state index < -0.39 is 0 Å². The molecule has 0 N–H and O–H groups in total. The van der Waals surface area contributed by atoms with Crippen LogP contribution in [0.5, 0.6) is 11.5 Å². The van der Waals surface area contributed by atoms with Crippen LogP contribution in [0.4, 0.5) is 0 Å². The molecule has 7 heteroatoms. The molecule has 0 fully saturated rings. The first kappa shape index (κ1) is 13.8. The van der Waals surface area contributed by atoms with E-state index >= 15 is 0 Å². The van der Waals surface area contributed by atoms with Gasteiger partial charge in [-0.15, -0.1) is 0 Å². The second-order valence-electron chi connectivity index (χ2n) is 4.10. The highest BCUT2D eigenvalue weighted by Gasteiger charge is 2.17. The highest BCUT2D eigenvalue weighted by Crippen LogP contribution is 2.35. The normalized spacial score (nSPS) is 12.8. The summed E-state index contributed by atoms with van der Waals surface area (Å²) in [6, 6.07) is 5.56. The Balaban J connectivity index is 2.05. The van der Waals surface area contributed by atoms with Gasteiger partial charge in [0.25, 0.3) is 0 Å². The molecule has 1 aromatic carbocycles. The Morgan fingerprint density at radius 3 is 2.90 bits per heavy atom. The number of rotatable bonds is 3. The van der Waals surface area contributed by atoms with Crippen LogP contribution >= 0.6 is 34.2 Å². The molecule has 20 heavy (non-hydrogen) atoms. The number of hydrogen-bond acceptors (Lipinski definition) is 5. The Kier molecular flexibility index (Phi) is 3.95. The van der Waals surface area contributed by atoms with E-state index in [0.29, 0.717) is 23.3 Å². The van der Waals surface area contributed by atoms with Crippen molar-refractivity contribution in [2.45, 2.75) is 6.61 Å². The lowest BCUT2D eigenvalue weighted by Crippen LogP contribution is -2.02. The van der Waals surface area contributed by atoms with E-state index in [2.05, 4.69) is 32.6 Å². The van der Waals surface area contributed by atoms with Crippen molar-refractivity contribution in [3.63, 3.8) is 0 Å². The summed E-state index contributed by atoms with van der Waals surface area (Å²) >= 11 is 8.26. The van der Waals surface area contributed by atoms with Gasteiger partial charge in [-0.05, 0) is 40.8 Å². The van der Waals surface area contributed by atoms with Crippen molar-refractivity contribution in [2.24, 2.45) is 0 Å². The Labute approximate surface area is 134 Å². The number of fused-ring (bicyclic) bond motifs is 1. The van der Waals surface area contributed by atoms with E-state index in [0.717, 1.165) is 20.6 Å². The molecule has 1 aromatic heterocycles. The minimum absolute atomic E-state index is 0.238. The molecule has 3 rings (SSSR count). The van der Waals surface area contributed by atoms with Gasteiger partial charge in [0.2, 0.25) is 6.79 Å². The Morgan fingerprint density at radius 2 is 2.10 bits per heavy atom. The summed E-state index contributed by atoms with van der Waals surface area (Å²) in [4.78, 5) is 8.80. The lowest BCUT2D eigenvalue weighted by molar-refractivity contribution is 0.174. The molecular weight excluding hydrogens is 395 g/mol. The van der Waals surface area contributed by atoms with Gasteiger partial charge in [0.15, 0.2) is 17.3 Å². The van der Waals surface area contributed by atoms with Crippen molar-refractivity contribution in [1.82, 2.24) is 9.97 Å². The molecule has 5 nitrogen and oxygen atoms in total. The molecule has 2 heterocycles. The fraction of sp³-hybridized carbons (Fsp3) is 0.231. The molecule has 0 radical (unpaired) electrons. The first-order valence-electron chi connectivity index (χ1n) is 5.80. The molecule has 0 unspecified atom stereocenters. The van der Waals surface area contributed by atoms with Crippen molar-refractivity contribution in [2.75, 3.05) is 13.9 Å². The number of nitrogens with zero attached hydrogens (tertiary/aromatic N) is 2. The number of ether oxygens (including phenoxy) is 3. The first-order chi connectivity index (χ1) is 9.69. The van der Waals surface area contributed by atoms with Gasteiger partial charge in [0.05, 0.1) is 15.9 Å². The summed E-state index contributed by atoms with van der Waals surface area (Å²) in [6.07, 6.45) is 0. The van der Waals surface area contributed by atoms with Crippen LogP contribution in [0, 0.1) is 3.57 Å². The van der Waals surface area contributed by atoms with Crippen LogP contribution in [0.1, 0.15) is 5.69 Å². The standard InChI is InChI=1S/C13H10ClIN2O3/c1-18-5-8-11(15)12(14)17-13(16-8)7-2-3-9-10(4-7)20-6-19-9/h2-4H,5-6H2,1H3. The highest BCUT2D eigenvalue weighted by molar-refractivity contribution is 14.1. The van der Waals surface area contributed by atoms with E-state index in [-0.39, 0.29) is 6.79 Å². The van der Waals surface area contributed by atoms with Gasteiger partial charge in [-0.1, -0.05) is 11.6 Å². The average molecular weight is 405 g/mol. The van der Waals surface area contributed by atoms with Crippen LogP contribution in [-0.2, 0) is 11.3 Å². The van der Waals surface area contributed by atoms with Gasteiger partial charge in [-0.25, -0.2) is 9.97 Å². The maximum atomic E-state index is 6.15. The van der Waals surface area contributed by atoms with Crippen LogP contribution in [0.2, 0.25) is 5.15 Å². The largest absolute Gasteiger partial charge is 0.454 e. The molecule has 1 aliphatic rings. The zero-order valence-corrected chi connectivity index (χ0v) is 13.4. The number of halogens is 2. The molecular formula is C13H10ClIN2O3. The van der Waals surface area contributed by atoms with Crippen molar-refractivity contribution in [3.8, 4) is 22.9 Å². The van der Waals surface area contributed by atoms with Gasteiger partial charge in [0.1, 0.15) is 5.15 Å². The van der Waals surface area contributed by atoms with Crippen molar-refractivity contribution in [1.29, 1.82) is 0 Å². The summed E-state index contributed by atoms with van der Waals surface area (Å²) in [5, 5.41) is 0.417. The quantitative estimate of drug-likeness (QED) is 0.580. The molecule has 0 saturated carbocycles. The van der Waals surface area contributed by atoms with Gasteiger partial charge >= 0.3 is 0 Å². The third-order valence-electron chi connectivity index (χ3n) is 2.79. The second-order valence-corrected chi connectivity index (χ2v) is 5.54. The van der Waals surface area contributed by atoms with E-state index in [1.165, 1.54) is 0 Å². The van der Waals surface area contributed by atoms with Crippen LogP contribution in [-0.4, -0.2) is 23.9 Å². The van der Waals surface area contributed by atoms with E-state index in [1.54, 1.807) is 7.11 Å². The number of methoxy groups -OCH3 is 1. The predicted molar refractivity (Wildman–Crippen MR) is 82.0 cm³/mol. The van der Waals surface area contributed by atoms with Crippen LogP contribution in [0.15, 0.2) is 18.2 Å². The topological polar surface area (TPSA) is 53.5 Å². The minimum atomic E-state index is 0.238. The molecule has 1 aliphatic heterocycles. The molecule has 0 bridgehead atoms. The Bertz CT molecular complexity index is 666. The maximum absolute atomic E-state index is 6.15. The summed E-state index contributed by atoms with van der Waals surface area (Å²) in [6.45, 7) is 0.625. The van der Waals surface area contributed by atoms with Crippen molar-refractivity contribution < 1.29 is 14.2 Å². The summed E-state index contributed by atoms with van der Waals surface area (Å²) in [5.41, 5.74) is 1.59. The smallest absolute Gasteiger partial charge is 0.231 e. The van der Waals surface area contributed by atoms with Gasteiger partial charge in [-0.2, -0.15) is 0 Å². The van der Waals surface area contributed by atoms with E-state index in [9.17, 15) is 0 Å². The Hall–Kier alpha value is -1.12. The van der Waals surface area contributed by atoms with E-state index in [1.807, 2.05) is 18.2 Å². The number of benzene rings is 1. The monoisotopic (exact) mass is 404 g/mol. The maximum Gasteiger partial charge on any atom is 0.231 e. The third kappa shape index (κ3) is 2.55. The molecule has 0 amide bonds. The molecule has 2 aromatic rings. The van der Waals surface area contributed by atoms with Gasteiger partial charge < -0.3 is 14.2 Å². The van der Waals surface area contributed by atoms with Crippen LogP contribution in [0.25, 0.3) is 11.4 Å². The van der Waals surface area contributed by atoms with E-state index in [4.69, 9.17) is 25.8 Å². The second kappa shape index (κ2) is 5.71. The van der Waals surface area contributed by atoms with Crippen molar-refractivity contribution in [3.05, 3.63) is 32.6 Å². The van der Waals surface area contributed by atoms with Crippen LogP contribution < -0.4 is 9.47 Å². The lowest BCUT2D eigenvalue weighted by atomic mass is 10.2. The lowest BCUT2D eigenvalue weighted by Gasteiger charge is -2.08. The highest BCUT2D eigenvalue weighted by atomic mass is 127. The molecule has 104 valence electrons. The van der Waals surface area contributed by atoms with Gasteiger partial charge in [0, 0.05) is 12.7 Å². The minimum Gasteiger partial charge on any atom is -0.454 e. The number of aromatic nitrogens is 2. The summed E-state index contributed by atoms with van der Waals surface area (Å²) in [5.74, 6) is 1.96. The fourth-order valence-electron chi connectivity index (χ4n) is 1.86. The zero-order chi connectivity index (χ0) is 14.1. The SMILES string of the molecule is COCc1nc(-c2ccc3c(c2)OCO3)nc(Cl)c1I.